The molecule has 3 rings (SSSR count). The fraction of sp³-hybridized carbons (Fsp3) is 0.105. The van der Waals surface area contributed by atoms with E-state index < -0.39 is 29.3 Å². The fourth-order valence-electron chi connectivity index (χ4n) is 2.73. The molecule has 3 N–H and O–H groups in total. The van der Waals surface area contributed by atoms with Crippen molar-refractivity contribution in [2.75, 3.05) is 0 Å². The summed E-state index contributed by atoms with van der Waals surface area (Å²) in [6, 6.07) is 12.5. The van der Waals surface area contributed by atoms with Crippen LogP contribution in [0.3, 0.4) is 0 Å². The highest BCUT2D eigenvalue weighted by Crippen LogP contribution is 2.25. The number of hydrogen-bond donors (Lipinski definition) is 3. The van der Waals surface area contributed by atoms with E-state index in [1.807, 2.05) is 0 Å². The van der Waals surface area contributed by atoms with E-state index in [1.165, 1.54) is 18.2 Å². The largest absolute Gasteiger partial charge is 0.481 e. The van der Waals surface area contributed by atoms with E-state index in [2.05, 4.69) is 26.3 Å². The van der Waals surface area contributed by atoms with E-state index >= 15 is 0 Å². The number of benzene rings is 2. The van der Waals surface area contributed by atoms with Gasteiger partial charge >= 0.3 is 5.97 Å². The van der Waals surface area contributed by atoms with Crippen molar-refractivity contribution in [2.24, 2.45) is 0 Å². The zero-order valence-electron chi connectivity index (χ0n) is 14.4. The van der Waals surface area contributed by atoms with Gasteiger partial charge in [0.15, 0.2) is 0 Å². The molecule has 3 aromatic rings. The smallest absolute Gasteiger partial charge is 0.305 e. The number of carbonyl (C=O) groups is 2. The van der Waals surface area contributed by atoms with Gasteiger partial charge in [-0.05, 0) is 29.8 Å². The SMILES string of the molecule is O=C(O)C[C@H](NC(=O)c1cc(=O)n(-c2cccc(F)c2)[nH]1)c1ccccc1Br. The summed E-state index contributed by atoms with van der Waals surface area (Å²) in [5.41, 5.74) is 0.199. The minimum absolute atomic E-state index is 0.0725. The lowest BCUT2D eigenvalue weighted by Gasteiger charge is -2.18. The van der Waals surface area contributed by atoms with Crippen LogP contribution in [-0.2, 0) is 4.79 Å². The molecule has 0 aliphatic carbocycles. The van der Waals surface area contributed by atoms with Gasteiger partial charge in [-0.2, -0.15) is 0 Å². The third kappa shape index (κ3) is 4.37. The summed E-state index contributed by atoms with van der Waals surface area (Å²) in [7, 11) is 0. The van der Waals surface area contributed by atoms with Gasteiger partial charge in [-0.3, -0.25) is 19.5 Å². The molecule has 0 fully saturated rings. The van der Waals surface area contributed by atoms with Crippen LogP contribution in [0.5, 0.6) is 0 Å². The predicted octanol–water partition coefficient (Wildman–Crippen LogP) is 3.01. The maximum Gasteiger partial charge on any atom is 0.305 e. The van der Waals surface area contributed by atoms with Gasteiger partial charge in [0.1, 0.15) is 11.5 Å². The maximum absolute atomic E-state index is 13.4. The molecule has 7 nitrogen and oxygen atoms in total. The number of nitrogens with zero attached hydrogens (tertiary/aromatic N) is 1. The zero-order valence-corrected chi connectivity index (χ0v) is 15.9. The lowest BCUT2D eigenvalue weighted by atomic mass is 10.0. The molecule has 1 heterocycles. The lowest BCUT2D eigenvalue weighted by molar-refractivity contribution is -0.137. The summed E-state index contributed by atoms with van der Waals surface area (Å²) in [4.78, 5) is 36.0. The normalized spacial score (nSPS) is 11.8. The number of carbonyl (C=O) groups excluding carboxylic acids is 1. The second-order valence-electron chi connectivity index (χ2n) is 5.97. The van der Waals surface area contributed by atoms with Crippen LogP contribution in [0.25, 0.3) is 5.69 Å². The molecule has 0 aliphatic heterocycles. The summed E-state index contributed by atoms with van der Waals surface area (Å²) in [5.74, 6) is -2.28. The number of amides is 1. The van der Waals surface area contributed by atoms with Gasteiger partial charge in [0.05, 0.1) is 18.2 Å². The molecule has 1 atom stereocenters. The number of nitrogens with one attached hydrogen (secondary N) is 2. The summed E-state index contributed by atoms with van der Waals surface area (Å²) < 4.78 is 15.1. The van der Waals surface area contributed by atoms with Crippen LogP contribution in [0.1, 0.15) is 28.5 Å². The molecule has 0 unspecified atom stereocenters. The van der Waals surface area contributed by atoms with E-state index in [0.29, 0.717) is 10.0 Å². The van der Waals surface area contributed by atoms with Crippen molar-refractivity contribution in [3.8, 4) is 5.69 Å². The number of halogens is 2. The zero-order chi connectivity index (χ0) is 20.3. The Balaban J connectivity index is 1.89. The van der Waals surface area contributed by atoms with Gasteiger partial charge in [-0.15, -0.1) is 0 Å². The van der Waals surface area contributed by atoms with Crippen molar-refractivity contribution in [3.05, 3.63) is 86.5 Å². The average Bonchev–Trinajstić information content (AvgIpc) is 3.03. The van der Waals surface area contributed by atoms with Crippen LogP contribution in [0.15, 0.2) is 63.9 Å². The van der Waals surface area contributed by atoms with Gasteiger partial charge in [0.2, 0.25) is 0 Å². The molecular formula is C19H15BrFN3O4. The Kier molecular flexibility index (Phi) is 5.74. The van der Waals surface area contributed by atoms with E-state index in [9.17, 15) is 23.9 Å². The Morgan fingerprint density at radius 3 is 2.61 bits per heavy atom. The van der Waals surface area contributed by atoms with Crippen LogP contribution >= 0.6 is 15.9 Å². The minimum Gasteiger partial charge on any atom is -0.481 e. The van der Waals surface area contributed by atoms with Crippen LogP contribution in [0.2, 0.25) is 0 Å². The molecule has 2 aromatic carbocycles. The summed E-state index contributed by atoms with van der Waals surface area (Å²) in [5, 5.41) is 14.4. The summed E-state index contributed by atoms with van der Waals surface area (Å²) >= 11 is 3.34. The molecule has 0 bridgehead atoms. The number of H-pyrrole nitrogens is 1. The van der Waals surface area contributed by atoms with Gasteiger partial charge in [-0.1, -0.05) is 40.2 Å². The Hall–Kier alpha value is -3.20. The molecule has 0 saturated carbocycles. The number of aromatic amines is 1. The summed E-state index contributed by atoms with van der Waals surface area (Å²) in [6.07, 6.45) is -0.344. The first-order chi connectivity index (χ1) is 13.3. The Morgan fingerprint density at radius 1 is 1.18 bits per heavy atom. The average molecular weight is 448 g/mol. The van der Waals surface area contributed by atoms with Crippen molar-refractivity contribution in [2.45, 2.75) is 12.5 Å². The van der Waals surface area contributed by atoms with Crippen LogP contribution < -0.4 is 10.9 Å². The number of hydrogen-bond acceptors (Lipinski definition) is 3. The van der Waals surface area contributed by atoms with Crippen molar-refractivity contribution in [3.63, 3.8) is 0 Å². The molecule has 28 heavy (non-hydrogen) atoms. The Bertz CT molecular complexity index is 1090. The van der Waals surface area contributed by atoms with Gasteiger partial charge in [0, 0.05) is 10.5 Å². The number of aliphatic carboxylic acids is 1. The molecule has 1 aromatic heterocycles. The highest BCUT2D eigenvalue weighted by atomic mass is 79.9. The first-order valence-corrected chi connectivity index (χ1v) is 8.99. The lowest BCUT2D eigenvalue weighted by Crippen LogP contribution is -2.30. The number of carboxylic acids is 1. The molecule has 0 radical (unpaired) electrons. The van der Waals surface area contributed by atoms with Crippen molar-refractivity contribution < 1.29 is 19.1 Å². The third-order valence-electron chi connectivity index (χ3n) is 4.00. The summed E-state index contributed by atoms with van der Waals surface area (Å²) in [6.45, 7) is 0. The number of rotatable bonds is 6. The van der Waals surface area contributed by atoms with Crippen LogP contribution in [0, 0.1) is 5.82 Å². The first kappa shape index (κ1) is 19.6. The Morgan fingerprint density at radius 2 is 1.93 bits per heavy atom. The highest BCUT2D eigenvalue weighted by Gasteiger charge is 2.22. The fourth-order valence-corrected chi connectivity index (χ4v) is 3.29. The quantitative estimate of drug-likeness (QED) is 0.540. The molecule has 1 amide bonds. The maximum atomic E-state index is 13.4. The topological polar surface area (TPSA) is 104 Å². The van der Waals surface area contributed by atoms with Crippen LogP contribution in [-0.4, -0.2) is 26.8 Å². The molecular weight excluding hydrogens is 433 g/mol. The van der Waals surface area contributed by atoms with E-state index in [0.717, 1.165) is 16.8 Å². The number of aromatic nitrogens is 2. The van der Waals surface area contributed by atoms with Crippen molar-refractivity contribution >= 4 is 27.8 Å². The minimum atomic E-state index is -1.09. The van der Waals surface area contributed by atoms with Gasteiger partial charge in [-0.25, -0.2) is 9.07 Å². The molecule has 0 saturated heterocycles. The standard InChI is InChI=1S/C19H15BrFN3O4/c20-14-7-2-1-6-13(14)15(10-18(26)27)22-19(28)16-9-17(25)24(23-16)12-5-3-4-11(21)8-12/h1-9,15,23H,10H2,(H,22,28)(H,26,27)/t15-/m0/s1. The highest BCUT2D eigenvalue weighted by molar-refractivity contribution is 9.10. The molecule has 9 heteroatoms. The molecule has 144 valence electrons. The van der Waals surface area contributed by atoms with Gasteiger partial charge < -0.3 is 10.4 Å². The Labute approximate surface area is 166 Å². The van der Waals surface area contributed by atoms with E-state index in [-0.39, 0.29) is 17.8 Å². The molecule has 0 aliphatic rings. The second kappa shape index (κ2) is 8.22. The van der Waals surface area contributed by atoms with Crippen molar-refractivity contribution in [1.82, 2.24) is 15.1 Å². The predicted molar refractivity (Wildman–Crippen MR) is 103 cm³/mol. The van der Waals surface area contributed by atoms with Gasteiger partial charge in [0.25, 0.3) is 11.5 Å². The van der Waals surface area contributed by atoms with Crippen LogP contribution in [0.4, 0.5) is 4.39 Å². The number of carboxylic acid groups (broad SMARTS) is 1. The van der Waals surface area contributed by atoms with Crippen molar-refractivity contribution in [1.29, 1.82) is 0 Å². The molecule has 0 spiro atoms. The van der Waals surface area contributed by atoms with E-state index in [1.54, 1.807) is 24.3 Å². The van der Waals surface area contributed by atoms with E-state index in [4.69, 9.17) is 0 Å². The monoisotopic (exact) mass is 447 g/mol. The second-order valence-corrected chi connectivity index (χ2v) is 6.82. The first-order valence-electron chi connectivity index (χ1n) is 8.20. The third-order valence-corrected chi connectivity index (χ3v) is 4.72.